The summed E-state index contributed by atoms with van der Waals surface area (Å²) in [6.07, 6.45) is 5.15. The molecule has 1 heterocycles. The number of rotatable bonds is 6. The normalized spacial score (nSPS) is 12.6. The Morgan fingerprint density at radius 3 is 2.48 bits per heavy atom. The molecular weight excluding hydrogens is 288 g/mol. The first-order chi connectivity index (χ1) is 9.80. The Morgan fingerprint density at radius 2 is 1.95 bits per heavy atom. The van der Waals surface area contributed by atoms with E-state index in [1.807, 2.05) is 34.0 Å². The number of nitrogens with zero attached hydrogens (tertiary/aromatic N) is 2. The van der Waals surface area contributed by atoms with E-state index in [4.69, 9.17) is 4.74 Å². The van der Waals surface area contributed by atoms with Gasteiger partial charge in [-0.2, -0.15) is 0 Å². The monoisotopic (exact) mass is 312 g/mol. The predicted molar refractivity (Wildman–Crippen MR) is 85.7 cm³/mol. The topological polar surface area (TPSA) is 76.1 Å². The van der Waals surface area contributed by atoms with Gasteiger partial charge in [-0.25, -0.2) is 14.8 Å². The van der Waals surface area contributed by atoms with Gasteiger partial charge in [-0.3, -0.25) is 0 Å². The van der Waals surface area contributed by atoms with Gasteiger partial charge in [0.2, 0.25) is 5.95 Å². The molecule has 0 aliphatic carbocycles. The van der Waals surface area contributed by atoms with Crippen molar-refractivity contribution in [2.75, 3.05) is 24.7 Å². The third-order valence-corrected chi connectivity index (χ3v) is 3.15. The minimum atomic E-state index is -0.474. The molecule has 1 aromatic rings. The molecule has 118 valence electrons. The Hall–Kier alpha value is -1.50. The largest absolute Gasteiger partial charge is 0.444 e. The number of amides is 1. The zero-order valence-electron chi connectivity index (χ0n) is 13.3. The highest BCUT2D eigenvalue weighted by molar-refractivity contribution is 7.98. The summed E-state index contributed by atoms with van der Waals surface area (Å²) in [7, 11) is 0. The zero-order valence-corrected chi connectivity index (χ0v) is 14.1. The van der Waals surface area contributed by atoms with Crippen molar-refractivity contribution in [1.82, 2.24) is 15.3 Å². The Kier molecular flexibility index (Phi) is 6.74. The summed E-state index contributed by atoms with van der Waals surface area (Å²) in [5.41, 5.74) is -0.474. The molecule has 0 saturated carbocycles. The third kappa shape index (κ3) is 7.75. The lowest BCUT2D eigenvalue weighted by atomic mass is 10.2. The van der Waals surface area contributed by atoms with Crippen molar-refractivity contribution in [3.8, 4) is 0 Å². The van der Waals surface area contributed by atoms with Crippen LogP contribution in [-0.4, -0.2) is 41.0 Å². The maximum atomic E-state index is 11.5. The smallest absolute Gasteiger partial charge is 0.407 e. The van der Waals surface area contributed by atoms with Crippen LogP contribution in [0.5, 0.6) is 0 Å². The van der Waals surface area contributed by atoms with E-state index < -0.39 is 11.7 Å². The van der Waals surface area contributed by atoms with Crippen LogP contribution < -0.4 is 10.6 Å². The number of aromatic nitrogens is 2. The van der Waals surface area contributed by atoms with Crippen LogP contribution in [0.4, 0.5) is 10.7 Å². The second kappa shape index (κ2) is 8.07. The fraction of sp³-hybridized carbons (Fsp3) is 0.643. The second-order valence-electron chi connectivity index (χ2n) is 5.82. The molecule has 0 bridgehead atoms. The van der Waals surface area contributed by atoms with E-state index in [1.165, 1.54) is 0 Å². The number of hydrogen-bond acceptors (Lipinski definition) is 6. The third-order valence-electron chi connectivity index (χ3n) is 2.47. The van der Waals surface area contributed by atoms with Gasteiger partial charge in [0.15, 0.2) is 0 Å². The first-order valence-electron chi connectivity index (χ1n) is 6.87. The van der Waals surface area contributed by atoms with E-state index in [1.54, 1.807) is 24.2 Å². The lowest BCUT2D eigenvalue weighted by Crippen LogP contribution is -2.36. The summed E-state index contributed by atoms with van der Waals surface area (Å²) in [6.45, 7) is 8.76. The van der Waals surface area contributed by atoms with Gasteiger partial charge in [0.05, 0.1) is 0 Å². The molecule has 0 saturated heterocycles. The van der Waals surface area contributed by atoms with Crippen LogP contribution in [0, 0.1) is 5.92 Å². The fourth-order valence-corrected chi connectivity index (χ4v) is 1.74. The highest BCUT2D eigenvalue weighted by Gasteiger charge is 2.16. The number of carbonyl (C=O) groups excluding carboxylic acids is 1. The van der Waals surface area contributed by atoms with Crippen LogP contribution in [0.1, 0.15) is 27.7 Å². The Labute approximate surface area is 130 Å². The van der Waals surface area contributed by atoms with Crippen molar-refractivity contribution < 1.29 is 9.53 Å². The van der Waals surface area contributed by atoms with Gasteiger partial charge in [0.25, 0.3) is 0 Å². The van der Waals surface area contributed by atoms with E-state index in [-0.39, 0.29) is 5.92 Å². The molecule has 1 atom stereocenters. The van der Waals surface area contributed by atoms with Crippen molar-refractivity contribution in [3.05, 3.63) is 12.4 Å². The summed E-state index contributed by atoms with van der Waals surface area (Å²) in [6, 6.07) is 0. The Morgan fingerprint density at radius 1 is 1.33 bits per heavy atom. The standard InChI is InChI=1S/C14H24N4O2S/c1-10(7-18-13(19)20-14(2,3)4)6-15-12-16-8-11(21-5)9-17-12/h8-10H,6-7H2,1-5H3,(H,18,19)(H,15,16,17). The molecule has 1 aromatic heterocycles. The van der Waals surface area contributed by atoms with Gasteiger partial charge in [-0.1, -0.05) is 6.92 Å². The SMILES string of the molecule is CSc1cnc(NCC(C)CNC(=O)OC(C)(C)C)nc1. The van der Waals surface area contributed by atoms with Gasteiger partial charge in [0, 0.05) is 30.4 Å². The van der Waals surface area contributed by atoms with Gasteiger partial charge in [-0.15, -0.1) is 11.8 Å². The minimum absolute atomic E-state index is 0.237. The minimum Gasteiger partial charge on any atom is -0.444 e. The molecule has 0 radical (unpaired) electrons. The molecule has 0 aromatic carbocycles. The molecule has 0 aliphatic heterocycles. The Bertz CT molecular complexity index is 445. The number of ether oxygens (including phenoxy) is 1. The average molecular weight is 312 g/mol. The molecule has 2 N–H and O–H groups in total. The number of alkyl carbamates (subject to hydrolysis) is 1. The molecule has 1 rings (SSSR count). The van der Waals surface area contributed by atoms with Crippen LogP contribution in [0.2, 0.25) is 0 Å². The fourth-order valence-electron chi connectivity index (χ4n) is 1.42. The van der Waals surface area contributed by atoms with Crippen LogP contribution >= 0.6 is 11.8 Å². The summed E-state index contributed by atoms with van der Waals surface area (Å²) < 4.78 is 5.18. The Balaban J connectivity index is 2.27. The molecule has 1 unspecified atom stereocenters. The van der Waals surface area contributed by atoms with Crippen LogP contribution in [-0.2, 0) is 4.74 Å². The summed E-state index contributed by atoms with van der Waals surface area (Å²) in [4.78, 5) is 21.0. The van der Waals surface area contributed by atoms with Crippen molar-refractivity contribution in [2.24, 2.45) is 5.92 Å². The lowest BCUT2D eigenvalue weighted by molar-refractivity contribution is 0.0521. The molecule has 0 fully saturated rings. The van der Waals surface area contributed by atoms with Gasteiger partial charge in [-0.05, 0) is 32.9 Å². The predicted octanol–water partition coefficient (Wildman–Crippen LogP) is 2.77. The van der Waals surface area contributed by atoms with Crippen LogP contribution in [0.25, 0.3) is 0 Å². The van der Waals surface area contributed by atoms with Crippen molar-refractivity contribution in [3.63, 3.8) is 0 Å². The van der Waals surface area contributed by atoms with Crippen LogP contribution in [0.15, 0.2) is 17.3 Å². The van der Waals surface area contributed by atoms with Crippen molar-refractivity contribution in [2.45, 2.75) is 38.2 Å². The van der Waals surface area contributed by atoms with Gasteiger partial charge < -0.3 is 15.4 Å². The van der Waals surface area contributed by atoms with E-state index in [0.717, 1.165) is 4.90 Å². The number of nitrogens with one attached hydrogen (secondary N) is 2. The molecule has 0 spiro atoms. The first-order valence-corrected chi connectivity index (χ1v) is 8.09. The maximum absolute atomic E-state index is 11.5. The van der Waals surface area contributed by atoms with Crippen molar-refractivity contribution >= 4 is 23.8 Å². The molecular formula is C14H24N4O2S. The second-order valence-corrected chi connectivity index (χ2v) is 6.70. The number of carbonyl (C=O) groups is 1. The van der Waals surface area contributed by atoms with E-state index in [9.17, 15) is 4.79 Å². The van der Waals surface area contributed by atoms with E-state index in [0.29, 0.717) is 19.0 Å². The number of hydrogen-bond donors (Lipinski definition) is 2. The zero-order chi connectivity index (χ0) is 15.9. The molecule has 1 amide bonds. The summed E-state index contributed by atoms with van der Waals surface area (Å²) >= 11 is 1.60. The number of thioether (sulfide) groups is 1. The van der Waals surface area contributed by atoms with E-state index in [2.05, 4.69) is 20.6 Å². The number of anilines is 1. The summed E-state index contributed by atoms with van der Waals surface area (Å²) in [5.74, 6) is 0.832. The van der Waals surface area contributed by atoms with Crippen molar-refractivity contribution in [1.29, 1.82) is 0 Å². The summed E-state index contributed by atoms with van der Waals surface area (Å²) in [5, 5.41) is 5.89. The molecule has 6 nitrogen and oxygen atoms in total. The maximum Gasteiger partial charge on any atom is 0.407 e. The molecule has 21 heavy (non-hydrogen) atoms. The van der Waals surface area contributed by atoms with Gasteiger partial charge >= 0.3 is 6.09 Å². The van der Waals surface area contributed by atoms with Crippen LogP contribution in [0.3, 0.4) is 0 Å². The highest BCUT2D eigenvalue weighted by Crippen LogP contribution is 2.12. The van der Waals surface area contributed by atoms with E-state index >= 15 is 0 Å². The molecule has 0 aliphatic rings. The molecule has 7 heteroatoms. The van der Waals surface area contributed by atoms with Gasteiger partial charge in [0.1, 0.15) is 5.60 Å². The quantitative estimate of drug-likeness (QED) is 0.787. The first kappa shape index (κ1) is 17.6. The average Bonchev–Trinajstić information content (AvgIpc) is 2.41. The lowest BCUT2D eigenvalue weighted by Gasteiger charge is -2.20. The highest BCUT2D eigenvalue weighted by atomic mass is 32.2.